The summed E-state index contributed by atoms with van der Waals surface area (Å²) in [5.41, 5.74) is 0.421. The lowest BCUT2D eigenvalue weighted by Gasteiger charge is -2.07. The molecule has 0 radical (unpaired) electrons. The highest BCUT2D eigenvalue weighted by Gasteiger charge is 2.30. The maximum Gasteiger partial charge on any atom is 0.291 e. The first-order valence-electron chi connectivity index (χ1n) is 9.50. The van der Waals surface area contributed by atoms with Crippen LogP contribution in [0.1, 0.15) is 32.2 Å². The van der Waals surface area contributed by atoms with Gasteiger partial charge in [0.1, 0.15) is 17.0 Å². The second kappa shape index (κ2) is 10.3. The molecule has 0 unspecified atom stereocenters. The van der Waals surface area contributed by atoms with Gasteiger partial charge in [0, 0.05) is 18.1 Å². The van der Waals surface area contributed by atoms with Gasteiger partial charge in [0.2, 0.25) is 5.76 Å². The molecule has 0 aliphatic heterocycles. The molecule has 1 aromatic heterocycles. The molecule has 2 amide bonds. The fourth-order valence-corrected chi connectivity index (χ4v) is 4.23. The lowest BCUT2D eigenvalue weighted by atomic mass is 10.1. The molecule has 1 heterocycles. The number of sulfone groups is 1. The molecule has 0 aliphatic rings. The summed E-state index contributed by atoms with van der Waals surface area (Å²) >= 11 is 5.82. The maximum atomic E-state index is 12.8. The van der Waals surface area contributed by atoms with Gasteiger partial charge in [-0.25, -0.2) is 8.42 Å². The summed E-state index contributed by atoms with van der Waals surface area (Å²) in [6.45, 7) is 3.82. The number of amides is 2. The number of hydrogen-bond acceptors (Lipinski definition) is 6. The van der Waals surface area contributed by atoms with Crippen LogP contribution in [0.3, 0.4) is 0 Å². The quantitative estimate of drug-likeness (QED) is 0.461. The molecule has 3 rings (SSSR count). The number of nitrogens with zero attached hydrogens (tertiary/aromatic N) is 1. The number of nitrogens with one attached hydrogen (secondary N) is 2. The first kappa shape index (κ1) is 23.2. The Morgan fingerprint density at radius 3 is 2.38 bits per heavy atom. The molecule has 166 valence electrons. The van der Waals surface area contributed by atoms with Crippen LogP contribution in [0.2, 0.25) is 5.02 Å². The molecule has 8 nitrogen and oxygen atoms in total. The molecule has 0 saturated carbocycles. The van der Waals surface area contributed by atoms with Gasteiger partial charge in [-0.1, -0.05) is 53.2 Å². The number of hydrogen-bond donors (Lipinski definition) is 2. The standard InChI is InChI=1S/C22H20ClN3O5S/c1-2-12-24-21(27)19-18(14-32(29,30)17-10-8-16(23)9-11-17)26-31-20(19)22(28)25-13-15-6-4-3-5-7-15/h2-11H,1,12-14H2,(H,24,27)(H,25,28). The fraction of sp³-hybridized carbons (Fsp3) is 0.136. The Balaban J connectivity index is 1.89. The lowest BCUT2D eigenvalue weighted by Crippen LogP contribution is -2.29. The average molecular weight is 474 g/mol. The summed E-state index contributed by atoms with van der Waals surface area (Å²) in [4.78, 5) is 25.4. The third-order valence-corrected chi connectivity index (χ3v) is 6.29. The highest BCUT2D eigenvalue weighted by Crippen LogP contribution is 2.22. The van der Waals surface area contributed by atoms with E-state index in [4.69, 9.17) is 16.1 Å². The minimum Gasteiger partial charge on any atom is -0.350 e. The topological polar surface area (TPSA) is 118 Å². The molecule has 2 N–H and O–H groups in total. The molecule has 0 bridgehead atoms. The number of carbonyl (C=O) groups excluding carboxylic acids is 2. The third kappa shape index (κ3) is 5.63. The normalized spacial score (nSPS) is 11.0. The van der Waals surface area contributed by atoms with Crippen molar-refractivity contribution in [2.24, 2.45) is 0 Å². The van der Waals surface area contributed by atoms with Crippen LogP contribution in [0, 0.1) is 0 Å². The molecule has 0 saturated heterocycles. The maximum absolute atomic E-state index is 12.8. The number of aromatic nitrogens is 1. The lowest BCUT2D eigenvalue weighted by molar-refractivity contribution is 0.0891. The van der Waals surface area contributed by atoms with Crippen LogP contribution < -0.4 is 10.6 Å². The van der Waals surface area contributed by atoms with Gasteiger partial charge in [-0.3, -0.25) is 9.59 Å². The minimum absolute atomic E-state index is 0.00238. The van der Waals surface area contributed by atoms with Crippen molar-refractivity contribution in [1.82, 2.24) is 15.8 Å². The summed E-state index contributed by atoms with van der Waals surface area (Å²) in [5.74, 6) is -2.40. The third-order valence-electron chi connectivity index (χ3n) is 4.40. The van der Waals surface area contributed by atoms with Gasteiger partial charge >= 0.3 is 0 Å². The van der Waals surface area contributed by atoms with Gasteiger partial charge in [0.05, 0.1) is 4.90 Å². The van der Waals surface area contributed by atoms with Gasteiger partial charge in [0.15, 0.2) is 9.84 Å². The van der Waals surface area contributed by atoms with Crippen molar-refractivity contribution in [2.75, 3.05) is 6.54 Å². The summed E-state index contributed by atoms with van der Waals surface area (Å²) < 4.78 is 30.8. The van der Waals surface area contributed by atoms with Gasteiger partial charge in [-0.05, 0) is 29.8 Å². The van der Waals surface area contributed by atoms with Crippen LogP contribution in [0.15, 0.2) is 76.7 Å². The van der Waals surface area contributed by atoms with E-state index in [1.165, 1.54) is 30.3 Å². The SMILES string of the molecule is C=CCNC(=O)c1c(CS(=O)(=O)c2ccc(Cl)cc2)noc1C(=O)NCc1ccccc1. The van der Waals surface area contributed by atoms with E-state index in [-0.39, 0.29) is 35.0 Å². The number of rotatable bonds is 9. The Kier molecular flexibility index (Phi) is 7.45. The molecule has 0 fully saturated rings. The van der Waals surface area contributed by atoms with E-state index in [0.29, 0.717) is 5.02 Å². The monoisotopic (exact) mass is 473 g/mol. The van der Waals surface area contributed by atoms with Gasteiger partial charge in [-0.2, -0.15) is 0 Å². The van der Waals surface area contributed by atoms with Crippen molar-refractivity contribution in [3.63, 3.8) is 0 Å². The van der Waals surface area contributed by atoms with Crippen molar-refractivity contribution in [1.29, 1.82) is 0 Å². The van der Waals surface area contributed by atoms with Gasteiger partial charge in [0.25, 0.3) is 11.8 Å². The van der Waals surface area contributed by atoms with Crippen LogP contribution in [-0.4, -0.2) is 31.9 Å². The summed E-state index contributed by atoms with van der Waals surface area (Å²) in [6, 6.07) is 14.7. The molecular formula is C22H20ClN3O5S. The molecule has 2 aromatic carbocycles. The number of carbonyl (C=O) groups is 2. The van der Waals surface area contributed by atoms with E-state index in [2.05, 4.69) is 22.4 Å². The molecule has 0 atom stereocenters. The zero-order valence-corrected chi connectivity index (χ0v) is 18.4. The zero-order valence-electron chi connectivity index (χ0n) is 16.9. The van der Waals surface area contributed by atoms with E-state index in [9.17, 15) is 18.0 Å². The van der Waals surface area contributed by atoms with E-state index in [1.807, 2.05) is 30.3 Å². The molecular weight excluding hydrogens is 454 g/mol. The van der Waals surface area contributed by atoms with Crippen molar-refractivity contribution in [3.8, 4) is 0 Å². The minimum atomic E-state index is -3.89. The Bertz CT molecular complexity index is 1220. The zero-order chi connectivity index (χ0) is 23.1. The second-order valence-corrected chi connectivity index (χ2v) is 9.14. The molecule has 0 aliphatic carbocycles. The van der Waals surface area contributed by atoms with Crippen molar-refractivity contribution < 1.29 is 22.5 Å². The molecule has 32 heavy (non-hydrogen) atoms. The van der Waals surface area contributed by atoms with E-state index in [0.717, 1.165) is 5.56 Å². The smallest absolute Gasteiger partial charge is 0.291 e. The van der Waals surface area contributed by atoms with Crippen molar-refractivity contribution in [3.05, 3.63) is 94.9 Å². The summed E-state index contributed by atoms with van der Waals surface area (Å²) in [7, 11) is -3.89. The Morgan fingerprint density at radius 2 is 1.72 bits per heavy atom. The largest absolute Gasteiger partial charge is 0.350 e. The fourth-order valence-electron chi connectivity index (χ4n) is 2.83. The van der Waals surface area contributed by atoms with Crippen molar-refractivity contribution in [2.45, 2.75) is 17.2 Å². The van der Waals surface area contributed by atoms with Crippen LogP contribution in [0.4, 0.5) is 0 Å². The van der Waals surface area contributed by atoms with Crippen LogP contribution in [0.5, 0.6) is 0 Å². The number of halogens is 1. The second-order valence-electron chi connectivity index (χ2n) is 6.71. The molecule has 10 heteroatoms. The van der Waals surface area contributed by atoms with E-state index >= 15 is 0 Å². The van der Waals surface area contributed by atoms with Gasteiger partial charge < -0.3 is 15.2 Å². The van der Waals surface area contributed by atoms with E-state index < -0.39 is 27.4 Å². The Morgan fingerprint density at radius 1 is 1.03 bits per heavy atom. The average Bonchev–Trinajstić information content (AvgIpc) is 3.19. The molecule has 0 spiro atoms. The van der Waals surface area contributed by atoms with Crippen molar-refractivity contribution >= 4 is 33.3 Å². The Hall–Kier alpha value is -3.43. The first-order chi connectivity index (χ1) is 15.3. The highest BCUT2D eigenvalue weighted by molar-refractivity contribution is 7.90. The highest BCUT2D eigenvalue weighted by atomic mass is 35.5. The van der Waals surface area contributed by atoms with E-state index in [1.54, 1.807) is 0 Å². The van der Waals surface area contributed by atoms with Crippen LogP contribution >= 0.6 is 11.6 Å². The summed E-state index contributed by atoms with van der Waals surface area (Å²) in [5, 5.41) is 9.28. The van der Waals surface area contributed by atoms with Crippen LogP contribution in [0.25, 0.3) is 0 Å². The van der Waals surface area contributed by atoms with Gasteiger partial charge in [-0.15, -0.1) is 6.58 Å². The van der Waals surface area contributed by atoms with Crippen LogP contribution in [-0.2, 0) is 22.1 Å². The number of benzene rings is 2. The predicted octanol–water partition coefficient (Wildman–Crippen LogP) is 3.15. The predicted molar refractivity (Wildman–Crippen MR) is 119 cm³/mol. The molecule has 3 aromatic rings. The summed E-state index contributed by atoms with van der Waals surface area (Å²) in [6.07, 6.45) is 1.45. The first-order valence-corrected chi connectivity index (χ1v) is 11.5. The Labute approximate surface area is 190 Å².